The Labute approximate surface area is 104 Å². The number of rotatable bonds is 4. The second kappa shape index (κ2) is 4.92. The first kappa shape index (κ1) is 14.4. The van der Waals surface area contributed by atoms with Crippen molar-refractivity contribution < 1.29 is 19.1 Å². The molecule has 4 nitrogen and oxygen atoms in total. The maximum Gasteiger partial charge on any atom is 0.331 e. The summed E-state index contributed by atoms with van der Waals surface area (Å²) in [4.78, 5) is 10.9. The lowest BCUT2D eigenvalue weighted by Crippen LogP contribution is -2.44. The zero-order chi connectivity index (χ0) is 13.3. The van der Waals surface area contributed by atoms with Gasteiger partial charge in [0.1, 0.15) is 12.2 Å². The van der Waals surface area contributed by atoms with E-state index < -0.39 is 26.5 Å². The van der Waals surface area contributed by atoms with Gasteiger partial charge in [-0.25, -0.2) is 4.79 Å². The van der Waals surface area contributed by atoms with Gasteiger partial charge in [-0.05, 0) is 24.2 Å². The van der Waals surface area contributed by atoms with Crippen LogP contribution in [-0.4, -0.2) is 38.2 Å². The highest BCUT2D eigenvalue weighted by atomic mass is 28.4. The molecule has 0 saturated carbocycles. The third-order valence-corrected chi connectivity index (χ3v) is 7.98. The SMILES string of the molecule is CC(C)(C)[Si](C)(C)OC[C@@H](O)[C@H]1C=CC(=O)O1. The maximum absolute atomic E-state index is 10.9. The van der Waals surface area contributed by atoms with E-state index in [-0.39, 0.29) is 11.6 Å². The van der Waals surface area contributed by atoms with Crippen molar-refractivity contribution in [3.8, 4) is 0 Å². The predicted molar refractivity (Wildman–Crippen MR) is 68.2 cm³/mol. The Bertz CT molecular complexity index is 317. The van der Waals surface area contributed by atoms with Crippen molar-refractivity contribution >= 4 is 14.3 Å². The van der Waals surface area contributed by atoms with Gasteiger partial charge in [-0.15, -0.1) is 0 Å². The minimum absolute atomic E-state index is 0.106. The fourth-order valence-corrected chi connectivity index (χ4v) is 2.22. The van der Waals surface area contributed by atoms with Crippen LogP contribution in [0.3, 0.4) is 0 Å². The van der Waals surface area contributed by atoms with Crippen LogP contribution in [0.25, 0.3) is 0 Å². The molecule has 0 aromatic carbocycles. The van der Waals surface area contributed by atoms with E-state index in [0.717, 1.165) is 0 Å². The van der Waals surface area contributed by atoms with Crippen LogP contribution < -0.4 is 0 Å². The average molecular weight is 258 g/mol. The fourth-order valence-electron chi connectivity index (χ4n) is 1.20. The summed E-state index contributed by atoms with van der Waals surface area (Å²) in [6.07, 6.45) is 1.56. The summed E-state index contributed by atoms with van der Waals surface area (Å²) in [5.41, 5.74) is 0. The molecule has 0 bridgehead atoms. The van der Waals surface area contributed by atoms with E-state index in [1.165, 1.54) is 6.08 Å². The van der Waals surface area contributed by atoms with Gasteiger partial charge >= 0.3 is 5.97 Å². The number of ether oxygens (including phenoxy) is 1. The van der Waals surface area contributed by atoms with Crippen LogP contribution in [0.15, 0.2) is 12.2 Å². The molecule has 2 atom stereocenters. The molecule has 0 spiro atoms. The van der Waals surface area contributed by atoms with Crippen LogP contribution >= 0.6 is 0 Å². The average Bonchev–Trinajstić information content (AvgIpc) is 2.59. The molecular weight excluding hydrogens is 236 g/mol. The van der Waals surface area contributed by atoms with Crippen LogP contribution in [0.5, 0.6) is 0 Å². The van der Waals surface area contributed by atoms with Gasteiger partial charge in [0.25, 0.3) is 0 Å². The van der Waals surface area contributed by atoms with Gasteiger partial charge in [0, 0.05) is 6.08 Å². The monoisotopic (exact) mass is 258 g/mol. The maximum atomic E-state index is 10.9. The number of aliphatic hydroxyl groups is 1. The molecule has 1 aliphatic heterocycles. The van der Waals surface area contributed by atoms with Crippen LogP contribution in [0.1, 0.15) is 20.8 Å². The highest BCUT2D eigenvalue weighted by Gasteiger charge is 2.38. The molecule has 0 amide bonds. The van der Waals surface area contributed by atoms with Gasteiger partial charge in [-0.1, -0.05) is 20.8 Å². The molecule has 1 heterocycles. The Morgan fingerprint density at radius 1 is 1.53 bits per heavy atom. The van der Waals surface area contributed by atoms with Crippen molar-refractivity contribution in [2.24, 2.45) is 0 Å². The van der Waals surface area contributed by atoms with E-state index in [2.05, 4.69) is 33.9 Å². The molecular formula is C12H22O4Si. The quantitative estimate of drug-likeness (QED) is 0.617. The standard InChI is InChI=1S/C12H22O4Si/c1-12(2,3)17(4,5)15-8-9(13)10-6-7-11(14)16-10/h6-7,9-10,13H,8H2,1-5H3/t9-,10-/m1/s1. The Hall–Kier alpha value is -0.653. The van der Waals surface area contributed by atoms with E-state index in [9.17, 15) is 9.90 Å². The largest absolute Gasteiger partial charge is 0.452 e. The minimum Gasteiger partial charge on any atom is -0.452 e. The van der Waals surface area contributed by atoms with E-state index in [1.807, 2.05) is 0 Å². The molecule has 1 aliphatic rings. The van der Waals surface area contributed by atoms with E-state index in [1.54, 1.807) is 6.08 Å². The summed E-state index contributed by atoms with van der Waals surface area (Å²) >= 11 is 0. The lowest BCUT2D eigenvalue weighted by atomic mass is 10.2. The number of cyclic esters (lactones) is 1. The molecule has 0 unspecified atom stereocenters. The Morgan fingerprint density at radius 2 is 2.12 bits per heavy atom. The zero-order valence-electron chi connectivity index (χ0n) is 11.2. The van der Waals surface area contributed by atoms with E-state index >= 15 is 0 Å². The van der Waals surface area contributed by atoms with Gasteiger partial charge in [0.2, 0.25) is 0 Å². The number of carbonyl (C=O) groups is 1. The van der Waals surface area contributed by atoms with Gasteiger partial charge in [-0.2, -0.15) is 0 Å². The second-order valence-corrected chi connectivity index (χ2v) is 10.7. The number of aliphatic hydroxyl groups excluding tert-OH is 1. The van der Waals surface area contributed by atoms with Crippen molar-refractivity contribution in [1.82, 2.24) is 0 Å². The zero-order valence-corrected chi connectivity index (χ0v) is 12.2. The van der Waals surface area contributed by atoms with Crippen LogP contribution in [0.4, 0.5) is 0 Å². The van der Waals surface area contributed by atoms with E-state index in [4.69, 9.17) is 9.16 Å². The van der Waals surface area contributed by atoms with E-state index in [0.29, 0.717) is 0 Å². The third-order valence-electron chi connectivity index (χ3n) is 3.47. The molecule has 0 aromatic heterocycles. The molecule has 98 valence electrons. The normalized spacial score (nSPS) is 22.7. The number of hydrogen-bond acceptors (Lipinski definition) is 4. The van der Waals surface area contributed by atoms with Crippen LogP contribution in [0.2, 0.25) is 18.1 Å². The first-order chi connectivity index (χ1) is 7.63. The molecule has 5 heteroatoms. The van der Waals surface area contributed by atoms with Gasteiger partial charge in [0.15, 0.2) is 8.32 Å². The lowest BCUT2D eigenvalue weighted by molar-refractivity contribution is -0.143. The summed E-state index contributed by atoms with van der Waals surface area (Å²) in [5.74, 6) is -0.402. The summed E-state index contributed by atoms with van der Waals surface area (Å²) in [7, 11) is -1.86. The highest BCUT2D eigenvalue weighted by molar-refractivity contribution is 6.74. The Morgan fingerprint density at radius 3 is 2.53 bits per heavy atom. The van der Waals surface area contributed by atoms with Crippen molar-refractivity contribution in [3.63, 3.8) is 0 Å². The molecule has 17 heavy (non-hydrogen) atoms. The molecule has 1 rings (SSSR count). The number of esters is 1. The summed E-state index contributed by atoms with van der Waals surface area (Å²) in [5, 5.41) is 9.97. The molecule has 0 aromatic rings. The minimum atomic E-state index is -1.86. The molecule has 0 saturated heterocycles. The topological polar surface area (TPSA) is 55.8 Å². The lowest BCUT2D eigenvalue weighted by Gasteiger charge is -2.37. The van der Waals surface area contributed by atoms with Gasteiger partial charge in [0.05, 0.1) is 6.61 Å². The fraction of sp³-hybridized carbons (Fsp3) is 0.750. The predicted octanol–water partition coefficient (Wildman–Crippen LogP) is 1.85. The smallest absolute Gasteiger partial charge is 0.331 e. The number of hydrogen-bond donors (Lipinski definition) is 1. The Balaban J connectivity index is 2.46. The summed E-state index contributed by atoms with van der Waals surface area (Å²) in [6, 6.07) is 0. The molecule has 0 radical (unpaired) electrons. The molecule has 0 fully saturated rings. The van der Waals surface area contributed by atoms with Crippen molar-refractivity contribution in [2.75, 3.05) is 6.61 Å². The second-order valence-electron chi connectivity index (χ2n) is 5.90. The van der Waals surface area contributed by atoms with Crippen LogP contribution in [0, 0.1) is 0 Å². The first-order valence-corrected chi connectivity index (χ1v) is 8.75. The third kappa shape index (κ3) is 3.66. The van der Waals surface area contributed by atoms with Crippen LogP contribution in [-0.2, 0) is 14.0 Å². The summed E-state index contributed by atoms with van der Waals surface area (Å²) < 4.78 is 10.8. The molecule has 1 N–H and O–H groups in total. The number of carbonyl (C=O) groups excluding carboxylic acids is 1. The van der Waals surface area contributed by atoms with Gasteiger partial charge in [-0.3, -0.25) is 0 Å². The highest BCUT2D eigenvalue weighted by Crippen LogP contribution is 2.36. The van der Waals surface area contributed by atoms with Crippen molar-refractivity contribution in [3.05, 3.63) is 12.2 Å². The first-order valence-electron chi connectivity index (χ1n) is 5.84. The van der Waals surface area contributed by atoms with Crippen molar-refractivity contribution in [2.45, 2.75) is 51.1 Å². The van der Waals surface area contributed by atoms with Crippen molar-refractivity contribution in [1.29, 1.82) is 0 Å². The Kier molecular flexibility index (Phi) is 4.17. The van der Waals surface area contributed by atoms with Gasteiger partial charge < -0.3 is 14.3 Å². The molecule has 0 aliphatic carbocycles. The summed E-state index contributed by atoms with van der Waals surface area (Å²) in [6.45, 7) is 10.9.